The maximum absolute atomic E-state index is 11.4. The number of carbonyl (C=O) groups is 1. The lowest BCUT2D eigenvalue weighted by molar-refractivity contribution is -0.139. The summed E-state index contributed by atoms with van der Waals surface area (Å²) in [6.07, 6.45) is 0.278. The number of likely N-dealkylation sites (N-methyl/N-ethyl adjacent to an activating group) is 1. The third-order valence-electron chi connectivity index (χ3n) is 3.51. The van der Waals surface area contributed by atoms with Crippen molar-refractivity contribution in [3.63, 3.8) is 0 Å². The van der Waals surface area contributed by atoms with Crippen LogP contribution >= 0.6 is 0 Å². The minimum atomic E-state index is -0.293. The maximum atomic E-state index is 11.4. The van der Waals surface area contributed by atoms with Gasteiger partial charge in [0, 0.05) is 12.1 Å². The van der Waals surface area contributed by atoms with E-state index in [1.54, 1.807) is 0 Å². The maximum Gasteiger partial charge on any atom is 0.309 e. The molecule has 0 aliphatic heterocycles. The number of esters is 1. The Bertz CT molecular complexity index is 429. The summed E-state index contributed by atoms with van der Waals surface area (Å²) in [5.74, 6) is -0.239. The quantitative estimate of drug-likeness (QED) is 0.794. The largest absolute Gasteiger partial charge is 0.469 e. The highest BCUT2D eigenvalue weighted by Gasteiger charge is 2.23. The van der Waals surface area contributed by atoms with Crippen molar-refractivity contribution in [2.75, 3.05) is 20.8 Å². The molecular weight excluding hydrogens is 242 g/mol. The molecule has 0 bridgehead atoms. The van der Waals surface area contributed by atoms with Crippen LogP contribution in [0.15, 0.2) is 24.3 Å². The predicted molar refractivity (Wildman–Crippen MR) is 74.8 cm³/mol. The predicted octanol–water partition coefficient (Wildman–Crippen LogP) is 1.60. The van der Waals surface area contributed by atoms with Crippen LogP contribution in [0.1, 0.15) is 25.0 Å². The minimum Gasteiger partial charge on any atom is -0.469 e. The molecule has 106 valence electrons. The number of benzene rings is 1. The molecule has 0 atom stereocenters. The van der Waals surface area contributed by atoms with Crippen LogP contribution in [0, 0.1) is 0 Å². The fraction of sp³-hybridized carbons (Fsp3) is 0.533. The van der Waals surface area contributed by atoms with E-state index in [4.69, 9.17) is 4.74 Å². The molecule has 0 amide bonds. The van der Waals surface area contributed by atoms with Crippen molar-refractivity contribution in [2.24, 2.45) is 0 Å². The van der Waals surface area contributed by atoms with Crippen LogP contribution in [-0.4, -0.2) is 42.3 Å². The zero-order valence-electron chi connectivity index (χ0n) is 12.1. The fourth-order valence-corrected chi connectivity index (χ4v) is 1.70. The molecule has 0 aliphatic rings. The third-order valence-corrected chi connectivity index (χ3v) is 3.51. The van der Waals surface area contributed by atoms with E-state index in [0.29, 0.717) is 6.54 Å². The molecule has 1 aromatic carbocycles. The van der Waals surface area contributed by atoms with Crippen molar-refractivity contribution in [3.05, 3.63) is 35.4 Å². The van der Waals surface area contributed by atoms with Crippen molar-refractivity contribution < 1.29 is 14.6 Å². The average Bonchev–Trinajstić information content (AvgIpc) is 2.40. The topological polar surface area (TPSA) is 49.8 Å². The Kier molecular flexibility index (Phi) is 5.51. The fourth-order valence-electron chi connectivity index (χ4n) is 1.70. The summed E-state index contributed by atoms with van der Waals surface area (Å²) in [5.41, 5.74) is 1.75. The van der Waals surface area contributed by atoms with Crippen LogP contribution in [0.4, 0.5) is 0 Å². The second-order valence-corrected chi connectivity index (χ2v) is 5.35. The molecular formula is C15H23NO3. The SMILES string of the molecule is COC(=O)Cc1ccccc1CN(C)C(C)(C)CO. The van der Waals surface area contributed by atoms with E-state index < -0.39 is 0 Å². The van der Waals surface area contributed by atoms with Crippen LogP contribution in [0.2, 0.25) is 0 Å². The van der Waals surface area contributed by atoms with Gasteiger partial charge in [-0.25, -0.2) is 0 Å². The Labute approximate surface area is 115 Å². The second-order valence-electron chi connectivity index (χ2n) is 5.35. The average molecular weight is 265 g/mol. The van der Waals surface area contributed by atoms with E-state index in [2.05, 4.69) is 4.90 Å². The summed E-state index contributed by atoms with van der Waals surface area (Å²) >= 11 is 0. The molecule has 0 radical (unpaired) electrons. The first-order valence-corrected chi connectivity index (χ1v) is 6.36. The Balaban J connectivity index is 2.86. The molecule has 1 rings (SSSR count). The lowest BCUT2D eigenvalue weighted by atomic mass is 10.0. The number of carbonyl (C=O) groups excluding carboxylic acids is 1. The van der Waals surface area contributed by atoms with E-state index in [1.807, 2.05) is 45.2 Å². The molecule has 0 saturated heterocycles. The van der Waals surface area contributed by atoms with Crippen LogP contribution in [0.3, 0.4) is 0 Å². The van der Waals surface area contributed by atoms with Crippen LogP contribution in [0.25, 0.3) is 0 Å². The van der Waals surface area contributed by atoms with Gasteiger partial charge in [-0.1, -0.05) is 24.3 Å². The molecule has 0 saturated carbocycles. The number of methoxy groups -OCH3 is 1. The molecule has 4 heteroatoms. The van der Waals surface area contributed by atoms with E-state index in [9.17, 15) is 9.90 Å². The number of rotatable bonds is 6. The van der Waals surface area contributed by atoms with Gasteiger partial charge in [0.2, 0.25) is 0 Å². The molecule has 1 aromatic rings. The van der Waals surface area contributed by atoms with Crippen molar-refractivity contribution in [1.82, 2.24) is 4.90 Å². The summed E-state index contributed by atoms with van der Waals surface area (Å²) in [7, 11) is 3.36. The molecule has 0 fully saturated rings. The highest BCUT2D eigenvalue weighted by atomic mass is 16.5. The van der Waals surface area contributed by atoms with Crippen molar-refractivity contribution in [1.29, 1.82) is 0 Å². The Morgan fingerprint density at radius 3 is 2.42 bits per heavy atom. The molecule has 0 aliphatic carbocycles. The van der Waals surface area contributed by atoms with Gasteiger partial charge in [0.1, 0.15) is 0 Å². The molecule has 0 heterocycles. The number of aliphatic hydroxyl groups excluding tert-OH is 1. The van der Waals surface area contributed by atoms with E-state index in [-0.39, 0.29) is 24.5 Å². The van der Waals surface area contributed by atoms with Gasteiger partial charge in [0.15, 0.2) is 0 Å². The number of hydrogen-bond donors (Lipinski definition) is 1. The van der Waals surface area contributed by atoms with E-state index in [1.165, 1.54) is 7.11 Å². The summed E-state index contributed by atoms with van der Waals surface area (Å²) in [4.78, 5) is 13.5. The number of hydrogen-bond acceptors (Lipinski definition) is 4. The number of aliphatic hydroxyl groups is 1. The highest BCUT2D eigenvalue weighted by Crippen LogP contribution is 2.18. The molecule has 0 spiro atoms. The van der Waals surface area contributed by atoms with E-state index in [0.717, 1.165) is 11.1 Å². The number of ether oxygens (including phenoxy) is 1. The Morgan fingerprint density at radius 1 is 1.32 bits per heavy atom. The van der Waals surface area contributed by atoms with Gasteiger partial charge in [-0.05, 0) is 32.0 Å². The van der Waals surface area contributed by atoms with Gasteiger partial charge in [-0.2, -0.15) is 0 Å². The van der Waals surface area contributed by atoms with Crippen LogP contribution < -0.4 is 0 Å². The lowest BCUT2D eigenvalue weighted by Crippen LogP contribution is -2.43. The summed E-state index contributed by atoms with van der Waals surface area (Å²) in [5, 5.41) is 9.38. The number of nitrogens with zero attached hydrogens (tertiary/aromatic N) is 1. The monoisotopic (exact) mass is 265 g/mol. The molecule has 19 heavy (non-hydrogen) atoms. The Hall–Kier alpha value is -1.39. The van der Waals surface area contributed by atoms with Crippen LogP contribution in [-0.2, 0) is 22.5 Å². The second kappa shape index (κ2) is 6.68. The van der Waals surface area contributed by atoms with Gasteiger partial charge < -0.3 is 9.84 Å². The van der Waals surface area contributed by atoms with Gasteiger partial charge in [-0.3, -0.25) is 9.69 Å². The van der Waals surface area contributed by atoms with E-state index >= 15 is 0 Å². The van der Waals surface area contributed by atoms with Gasteiger partial charge in [0.25, 0.3) is 0 Å². The first-order valence-electron chi connectivity index (χ1n) is 6.36. The first-order chi connectivity index (χ1) is 8.90. The zero-order valence-corrected chi connectivity index (χ0v) is 12.1. The van der Waals surface area contributed by atoms with Crippen molar-refractivity contribution in [2.45, 2.75) is 32.4 Å². The van der Waals surface area contributed by atoms with Gasteiger partial charge in [0.05, 0.1) is 20.1 Å². The molecule has 0 unspecified atom stereocenters. The first kappa shape index (κ1) is 15.7. The smallest absolute Gasteiger partial charge is 0.309 e. The highest BCUT2D eigenvalue weighted by molar-refractivity contribution is 5.72. The van der Waals surface area contributed by atoms with Crippen molar-refractivity contribution >= 4 is 5.97 Å². The van der Waals surface area contributed by atoms with Crippen molar-refractivity contribution in [3.8, 4) is 0 Å². The normalized spacial score (nSPS) is 11.7. The van der Waals surface area contributed by atoms with Gasteiger partial charge in [-0.15, -0.1) is 0 Å². The third kappa shape index (κ3) is 4.33. The summed E-state index contributed by atoms with van der Waals surface area (Å²) < 4.78 is 4.71. The minimum absolute atomic E-state index is 0.0860. The Morgan fingerprint density at radius 2 is 1.89 bits per heavy atom. The molecule has 0 aromatic heterocycles. The van der Waals surface area contributed by atoms with Gasteiger partial charge >= 0.3 is 5.97 Å². The lowest BCUT2D eigenvalue weighted by Gasteiger charge is -2.34. The van der Waals surface area contributed by atoms with Crippen LogP contribution in [0.5, 0.6) is 0 Å². The summed E-state index contributed by atoms with van der Waals surface area (Å²) in [6.45, 7) is 4.73. The molecule has 1 N–H and O–H groups in total. The summed E-state index contributed by atoms with van der Waals surface area (Å²) in [6, 6.07) is 7.81. The standard InChI is InChI=1S/C15H23NO3/c1-15(2,11-17)16(3)10-13-8-6-5-7-12(13)9-14(18)19-4/h5-8,17H,9-11H2,1-4H3. The molecule has 4 nitrogen and oxygen atoms in total. The zero-order chi connectivity index (χ0) is 14.5.